The molecule has 0 atom stereocenters. The number of hydrogen-bond donors (Lipinski definition) is 1. The van der Waals surface area contributed by atoms with Crippen LogP contribution in [0.1, 0.15) is 24.2 Å². The second-order valence-corrected chi connectivity index (χ2v) is 9.17. The molecule has 1 N–H and O–H groups in total. The summed E-state index contributed by atoms with van der Waals surface area (Å²) in [6, 6.07) is 4.29. The predicted molar refractivity (Wildman–Crippen MR) is 103 cm³/mol. The molecule has 1 saturated heterocycles. The average Bonchev–Trinajstić information content (AvgIpc) is 3.02. The molecule has 0 bridgehead atoms. The third-order valence-electron chi connectivity index (χ3n) is 4.97. The normalized spacial score (nSPS) is 16.3. The smallest absolute Gasteiger partial charge is 0.262 e. The van der Waals surface area contributed by atoms with Crippen molar-refractivity contribution in [1.82, 2.24) is 19.2 Å². The Bertz CT molecular complexity index is 965. The molecule has 1 aromatic heterocycles. The molecule has 152 valence electrons. The number of hydrogen-bond acceptors (Lipinski definition) is 4. The molecule has 2 heterocycles. The van der Waals surface area contributed by atoms with Crippen molar-refractivity contribution in [3.63, 3.8) is 0 Å². The number of aryl methyl sites for hydroxylation is 2. The molecule has 0 aliphatic carbocycles. The van der Waals surface area contributed by atoms with E-state index in [2.05, 4.69) is 10.3 Å². The van der Waals surface area contributed by atoms with Crippen molar-refractivity contribution < 1.29 is 17.6 Å². The van der Waals surface area contributed by atoms with Crippen LogP contribution in [-0.2, 0) is 28.4 Å². The minimum Gasteiger partial charge on any atom is -0.352 e. The molecular formula is C18H22ClFN4O3S. The number of sulfonamides is 1. The Morgan fingerprint density at radius 3 is 2.61 bits per heavy atom. The van der Waals surface area contributed by atoms with Crippen LogP contribution in [0.15, 0.2) is 29.4 Å². The van der Waals surface area contributed by atoms with Crippen molar-refractivity contribution in [3.05, 3.63) is 46.6 Å². The molecule has 1 aliphatic heterocycles. The van der Waals surface area contributed by atoms with Gasteiger partial charge in [-0.05, 0) is 37.5 Å². The molecule has 10 heteroatoms. The summed E-state index contributed by atoms with van der Waals surface area (Å²) >= 11 is 5.74. The Hall–Kier alpha value is -1.97. The standard InChI is InChI=1S/C18H22ClFN4O3S/c1-12-22-17(11-23(12)2)28(26,27)24-7-5-14(6-8-24)18(25)21-10-13-3-4-16(20)15(19)9-13/h3-4,9,11,14H,5-8,10H2,1-2H3,(H,21,25). The van der Waals surface area contributed by atoms with Gasteiger partial charge in [0.1, 0.15) is 11.6 Å². The van der Waals surface area contributed by atoms with E-state index in [1.54, 1.807) is 24.6 Å². The molecule has 1 aliphatic rings. The lowest BCUT2D eigenvalue weighted by molar-refractivity contribution is -0.126. The van der Waals surface area contributed by atoms with Gasteiger partial charge in [-0.1, -0.05) is 17.7 Å². The molecule has 3 rings (SSSR count). The van der Waals surface area contributed by atoms with Crippen molar-refractivity contribution in [2.75, 3.05) is 13.1 Å². The van der Waals surface area contributed by atoms with Crippen LogP contribution in [0.2, 0.25) is 5.02 Å². The summed E-state index contributed by atoms with van der Waals surface area (Å²) in [5.74, 6) is -0.304. The molecule has 2 aromatic rings. The zero-order valence-corrected chi connectivity index (χ0v) is 17.2. The van der Waals surface area contributed by atoms with E-state index in [0.717, 1.165) is 0 Å². The van der Waals surface area contributed by atoms with Gasteiger partial charge < -0.3 is 9.88 Å². The van der Waals surface area contributed by atoms with Gasteiger partial charge in [0.05, 0.1) is 5.02 Å². The number of amides is 1. The van der Waals surface area contributed by atoms with Gasteiger partial charge in [-0.3, -0.25) is 4.79 Å². The molecule has 0 saturated carbocycles. The maximum atomic E-state index is 13.2. The van der Waals surface area contributed by atoms with E-state index in [4.69, 9.17) is 11.6 Å². The quantitative estimate of drug-likeness (QED) is 0.791. The highest BCUT2D eigenvalue weighted by Gasteiger charge is 2.33. The lowest BCUT2D eigenvalue weighted by atomic mass is 9.97. The van der Waals surface area contributed by atoms with Crippen LogP contribution in [-0.4, -0.2) is 41.3 Å². The number of halogens is 2. The molecule has 1 aromatic carbocycles. The molecule has 0 unspecified atom stereocenters. The lowest BCUT2D eigenvalue weighted by Crippen LogP contribution is -2.43. The highest BCUT2D eigenvalue weighted by molar-refractivity contribution is 7.89. The van der Waals surface area contributed by atoms with Gasteiger partial charge in [-0.2, -0.15) is 4.31 Å². The number of carbonyl (C=O) groups is 1. The second kappa shape index (κ2) is 8.18. The summed E-state index contributed by atoms with van der Waals surface area (Å²) in [5.41, 5.74) is 0.699. The highest BCUT2D eigenvalue weighted by Crippen LogP contribution is 2.24. The summed E-state index contributed by atoms with van der Waals surface area (Å²) in [4.78, 5) is 16.5. The number of imidazole rings is 1. The van der Waals surface area contributed by atoms with Gasteiger partial charge in [-0.25, -0.2) is 17.8 Å². The Labute approximate surface area is 168 Å². The number of piperidine rings is 1. The minimum absolute atomic E-state index is 0.00928. The number of nitrogens with zero attached hydrogens (tertiary/aromatic N) is 3. The van der Waals surface area contributed by atoms with Crippen LogP contribution in [0.5, 0.6) is 0 Å². The molecule has 0 spiro atoms. The molecule has 0 radical (unpaired) electrons. The van der Waals surface area contributed by atoms with Crippen molar-refractivity contribution in [2.45, 2.75) is 31.3 Å². The maximum absolute atomic E-state index is 13.2. The van der Waals surface area contributed by atoms with E-state index < -0.39 is 15.8 Å². The van der Waals surface area contributed by atoms with Gasteiger partial charge in [0.15, 0.2) is 5.03 Å². The summed E-state index contributed by atoms with van der Waals surface area (Å²) < 4.78 is 41.6. The zero-order chi connectivity index (χ0) is 20.5. The lowest BCUT2D eigenvalue weighted by Gasteiger charge is -2.29. The maximum Gasteiger partial charge on any atom is 0.262 e. The Balaban J connectivity index is 1.55. The van der Waals surface area contributed by atoms with Gasteiger partial charge in [0, 0.05) is 38.8 Å². The highest BCUT2D eigenvalue weighted by atomic mass is 35.5. The Morgan fingerprint density at radius 2 is 2.04 bits per heavy atom. The largest absolute Gasteiger partial charge is 0.352 e. The van der Waals surface area contributed by atoms with Crippen molar-refractivity contribution in [2.24, 2.45) is 13.0 Å². The van der Waals surface area contributed by atoms with E-state index in [9.17, 15) is 17.6 Å². The first-order valence-electron chi connectivity index (χ1n) is 8.90. The molecule has 1 fully saturated rings. The van der Waals surface area contributed by atoms with Crippen molar-refractivity contribution in [1.29, 1.82) is 0 Å². The van der Waals surface area contributed by atoms with E-state index in [-0.39, 0.29) is 41.5 Å². The van der Waals surface area contributed by atoms with Crippen molar-refractivity contribution >= 4 is 27.5 Å². The van der Waals surface area contributed by atoms with Crippen LogP contribution in [0.25, 0.3) is 0 Å². The summed E-state index contributed by atoms with van der Waals surface area (Å²) in [6.07, 6.45) is 2.36. The number of rotatable bonds is 5. The number of carbonyl (C=O) groups excluding carboxylic acids is 1. The van der Waals surface area contributed by atoms with Crippen LogP contribution in [0, 0.1) is 18.7 Å². The predicted octanol–water partition coefficient (Wildman–Crippen LogP) is 2.24. The van der Waals surface area contributed by atoms with Gasteiger partial charge in [0.25, 0.3) is 10.0 Å². The van der Waals surface area contributed by atoms with Crippen LogP contribution >= 0.6 is 11.6 Å². The monoisotopic (exact) mass is 428 g/mol. The Morgan fingerprint density at radius 1 is 1.36 bits per heavy atom. The molecule has 1 amide bonds. The van der Waals surface area contributed by atoms with Crippen LogP contribution in [0.4, 0.5) is 4.39 Å². The number of nitrogens with one attached hydrogen (secondary N) is 1. The summed E-state index contributed by atoms with van der Waals surface area (Å²) in [7, 11) is -1.92. The van der Waals surface area contributed by atoms with E-state index in [1.165, 1.54) is 22.6 Å². The first-order valence-corrected chi connectivity index (χ1v) is 10.7. The molecular weight excluding hydrogens is 407 g/mol. The zero-order valence-electron chi connectivity index (χ0n) is 15.7. The van der Waals surface area contributed by atoms with Crippen molar-refractivity contribution in [3.8, 4) is 0 Å². The third kappa shape index (κ3) is 4.37. The Kier molecular flexibility index (Phi) is 6.07. The fourth-order valence-electron chi connectivity index (χ4n) is 3.12. The summed E-state index contributed by atoms with van der Waals surface area (Å²) in [6.45, 7) is 2.51. The number of benzene rings is 1. The van der Waals surface area contributed by atoms with Gasteiger partial charge in [-0.15, -0.1) is 0 Å². The first-order chi connectivity index (χ1) is 13.2. The van der Waals surface area contributed by atoms with E-state index >= 15 is 0 Å². The first kappa shape index (κ1) is 20.8. The fourth-order valence-corrected chi connectivity index (χ4v) is 4.82. The van der Waals surface area contributed by atoms with Crippen LogP contribution in [0.3, 0.4) is 0 Å². The number of aromatic nitrogens is 2. The topological polar surface area (TPSA) is 84.3 Å². The van der Waals surface area contributed by atoms with Gasteiger partial charge in [0.2, 0.25) is 5.91 Å². The minimum atomic E-state index is -3.66. The van der Waals surface area contributed by atoms with Gasteiger partial charge >= 0.3 is 0 Å². The fraction of sp³-hybridized carbons (Fsp3) is 0.444. The molecule has 7 nitrogen and oxygen atoms in total. The molecule has 28 heavy (non-hydrogen) atoms. The van der Waals surface area contributed by atoms with E-state index in [1.807, 2.05) is 0 Å². The second-order valence-electron chi connectivity index (χ2n) is 6.88. The third-order valence-corrected chi connectivity index (χ3v) is 7.03. The average molecular weight is 429 g/mol. The van der Waals surface area contributed by atoms with Crippen LogP contribution < -0.4 is 5.32 Å². The summed E-state index contributed by atoms with van der Waals surface area (Å²) in [5, 5.41) is 2.85. The SMILES string of the molecule is Cc1nc(S(=O)(=O)N2CCC(C(=O)NCc3ccc(F)c(Cl)c3)CC2)cn1C. The van der Waals surface area contributed by atoms with E-state index in [0.29, 0.717) is 24.2 Å².